The molecule has 2 aromatic rings. The summed E-state index contributed by atoms with van der Waals surface area (Å²) in [5.74, 6) is 1.22. The molecule has 6 heteroatoms. The van der Waals surface area contributed by atoms with Gasteiger partial charge in [0, 0.05) is 18.1 Å². The molecule has 0 radical (unpaired) electrons. The number of methoxy groups -OCH3 is 1. The van der Waals surface area contributed by atoms with E-state index in [-0.39, 0.29) is 0 Å². The molecule has 0 aliphatic carbocycles. The molecule has 0 saturated carbocycles. The van der Waals surface area contributed by atoms with Crippen molar-refractivity contribution in [3.8, 4) is 11.4 Å². The Morgan fingerprint density at radius 2 is 2.32 bits per heavy atom. The first kappa shape index (κ1) is 12.3. The van der Waals surface area contributed by atoms with Gasteiger partial charge in [-0.25, -0.2) is 4.68 Å². The highest BCUT2D eigenvalue weighted by Crippen LogP contribution is 2.30. The predicted octanol–water partition coefficient (Wildman–Crippen LogP) is 2.19. The van der Waals surface area contributed by atoms with Gasteiger partial charge in [0.05, 0.1) is 36.7 Å². The molecule has 1 aromatic heterocycles. The minimum atomic E-state index is 0.494. The number of nitrogens with zero attached hydrogens (tertiary/aromatic N) is 2. The number of halogens is 1. The highest BCUT2D eigenvalue weighted by Gasteiger charge is 2.21. The van der Waals surface area contributed by atoms with Crippen LogP contribution in [0, 0.1) is 0 Å². The smallest absolute Gasteiger partial charge is 0.151 e. The van der Waals surface area contributed by atoms with Crippen LogP contribution in [0.2, 0.25) is 5.02 Å². The Kier molecular flexibility index (Phi) is 3.08. The molecular weight excluding hydrogens is 266 g/mol. The molecule has 2 N–H and O–H groups in total. The normalized spacial score (nSPS) is 14.2. The molecule has 1 aliphatic heterocycles. The lowest BCUT2D eigenvalue weighted by Gasteiger charge is -2.15. The maximum Gasteiger partial charge on any atom is 0.151 e. The van der Waals surface area contributed by atoms with E-state index >= 15 is 0 Å². The summed E-state index contributed by atoms with van der Waals surface area (Å²) in [6, 6.07) is 5.46. The molecule has 0 saturated heterocycles. The van der Waals surface area contributed by atoms with E-state index in [0.29, 0.717) is 24.1 Å². The summed E-state index contributed by atoms with van der Waals surface area (Å²) < 4.78 is 12.4. The van der Waals surface area contributed by atoms with Crippen molar-refractivity contribution in [1.82, 2.24) is 9.78 Å². The van der Waals surface area contributed by atoms with E-state index in [1.165, 1.54) is 0 Å². The first-order valence-corrected chi connectivity index (χ1v) is 6.36. The van der Waals surface area contributed by atoms with Crippen molar-refractivity contribution in [3.63, 3.8) is 0 Å². The van der Waals surface area contributed by atoms with Gasteiger partial charge in [0.15, 0.2) is 5.82 Å². The van der Waals surface area contributed by atoms with E-state index in [0.717, 1.165) is 29.1 Å². The van der Waals surface area contributed by atoms with E-state index < -0.39 is 0 Å². The summed E-state index contributed by atoms with van der Waals surface area (Å²) in [5, 5.41) is 4.98. The van der Waals surface area contributed by atoms with Gasteiger partial charge in [0.1, 0.15) is 5.75 Å². The second-order valence-corrected chi connectivity index (χ2v) is 4.75. The summed E-state index contributed by atoms with van der Waals surface area (Å²) >= 11 is 6.25. The zero-order valence-electron chi connectivity index (χ0n) is 10.5. The first-order chi connectivity index (χ1) is 9.20. The van der Waals surface area contributed by atoms with E-state index in [4.69, 9.17) is 26.8 Å². The van der Waals surface area contributed by atoms with Gasteiger partial charge in [0.2, 0.25) is 0 Å². The van der Waals surface area contributed by atoms with Crippen LogP contribution < -0.4 is 10.5 Å². The molecule has 100 valence electrons. The van der Waals surface area contributed by atoms with Gasteiger partial charge < -0.3 is 15.2 Å². The van der Waals surface area contributed by atoms with Crippen molar-refractivity contribution in [3.05, 3.63) is 34.5 Å². The average Bonchev–Trinajstić information content (AvgIpc) is 2.77. The SMILES string of the molecule is COc1ccc(Cl)c(-n2nc(N)c3c2CCOC3)c1. The lowest BCUT2D eigenvalue weighted by molar-refractivity contribution is 0.110. The summed E-state index contributed by atoms with van der Waals surface area (Å²) in [7, 11) is 1.62. The number of anilines is 1. The number of nitrogens with two attached hydrogens (primary N) is 1. The van der Waals surface area contributed by atoms with Gasteiger partial charge >= 0.3 is 0 Å². The second-order valence-electron chi connectivity index (χ2n) is 4.34. The predicted molar refractivity (Wildman–Crippen MR) is 72.9 cm³/mol. The zero-order valence-corrected chi connectivity index (χ0v) is 11.3. The Labute approximate surface area is 115 Å². The minimum absolute atomic E-state index is 0.494. The second kappa shape index (κ2) is 4.75. The molecule has 0 fully saturated rings. The Morgan fingerprint density at radius 1 is 1.47 bits per heavy atom. The van der Waals surface area contributed by atoms with Gasteiger partial charge in [-0.2, -0.15) is 0 Å². The molecule has 19 heavy (non-hydrogen) atoms. The number of hydrogen-bond acceptors (Lipinski definition) is 4. The highest BCUT2D eigenvalue weighted by molar-refractivity contribution is 6.32. The van der Waals surface area contributed by atoms with Crippen LogP contribution >= 0.6 is 11.6 Å². The van der Waals surface area contributed by atoms with E-state index in [1.54, 1.807) is 17.9 Å². The van der Waals surface area contributed by atoms with Crippen LogP contribution in [-0.4, -0.2) is 23.5 Å². The van der Waals surface area contributed by atoms with Gasteiger partial charge in [-0.3, -0.25) is 0 Å². The van der Waals surface area contributed by atoms with Crippen molar-refractivity contribution in [2.24, 2.45) is 0 Å². The van der Waals surface area contributed by atoms with Crippen molar-refractivity contribution in [2.45, 2.75) is 13.0 Å². The maximum atomic E-state index is 6.25. The standard InChI is InChI=1S/C13H14ClN3O2/c1-18-8-2-3-10(14)12(6-8)17-11-4-5-19-7-9(11)13(15)16-17/h2-3,6H,4-5,7H2,1H3,(H2,15,16). The van der Waals surface area contributed by atoms with Gasteiger partial charge in [-0.15, -0.1) is 5.10 Å². The average molecular weight is 280 g/mol. The third-order valence-electron chi connectivity index (χ3n) is 3.23. The fourth-order valence-electron chi connectivity index (χ4n) is 2.24. The van der Waals surface area contributed by atoms with Crippen molar-refractivity contribution >= 4 is 17.4 Å². The molecule has 0 unspecified atom stereocenters. The molecule has 2 heterocycles. The Balaban J connectivity index is 2.17. The summed E-state index contributed by atoms with van der Waals surface area (Å²) in [6.45, 7) is 1.17. The molecule has 1 aliphatic rings. The summed E-state index contributed by atoms with van der Waals surface area (Å²) in [5.41, 5.74) is 8.71. The molecule has 0 bridgehead atoms. The highest BCUT2D eigenvalue weighted by atomic mass is 35.5. The quantitative estimate of drug-likeness (QED) is 0.915. The van der Waals surface area contributed by atoms with Crippen molar-refractivity contribution in [1.29, 1.82) is 0 Å². The van der Waals surface area contributed by atoms with Gasteiger partial charge in [0.25, 0.3) is 0 Å². The fraction of sp³-hybridized carbons (Fsp3) is 0.308. The summed E-state index contributed by atoms with van der Waals surface area (Å²) in [6.07, 6.45) is 0.771. The van der Waals surface area contributed by atoms with E-state index in [2.05, 4.69) is 5.10 Å². The molecular formula is C13H14ClN3O2. The van der Waals surface area contributed by atoms with Crippen LogP contribution in [0.25, 0.3) is 5.69 Å². The van der Waals surface area contributed by atoms with E-state index in [9.17, 15) is 0 Å². The fourth-order valence-corrected chi connectivity index (χ4v) is 2.44. The zero-order chi connectivity index (χ0) is 13.4. The lowest BCUT2D eigenvalue weighted by Crippen LogP contribution is -2.13. The third kappa shape index (κ3) is 2.05. The molecule has 3 rings (SSSR count). The maximum absolute atomic E-state index is 6.25. The summed E-state index contributed by atoms with van der Waals surface area (Å²) in [4.78, 5) is 0. The number of nitrogen functional groups attached to an aromatic ring is 1. The molecule has 5 nitrogen and oxygen atoms in total. The Morgan fingerprint density at radius 3 is 3.11 bits per heavy atom. The Hall–Kier alpha value is -1.72. The van der Waals surface area contributed by atoms with E-state index in [1.807, 2.05) is 12.1 Å². The molecule has 0 amide bonds. The first-order valence-electron chi connectivity index (χ1n) is 5.98. The van der Waals surface area contributed by atoms with Gasteiger partial charge in [-0.05, 0) is 12.1 Å². The van der Waals surface area contributed by atoms with Crippen LogP contribution in [0.4, 0.5) is 5.82 Å². The largest absolute Gasteiger partial charge is 0.497 e. The number of benzene rings is 1. The van der Waals surface area contributed by atoms with Crippen molar-refractivity contribution < 1.29 is 9.47 Å². The molecule has 0 atom stereocenters. The number of hydrogen-bond donors (Lipinski definition) is 1. The minimum Gasteiger partial charge on any atom is -0.497 e. The number of aromatic nitrogens is 2. The lowest BCUT2D eigenvalue weighted by atomic mass is 10.1. The third-order valence-corrected chi connectivity index (χ3v) is 3.55. The number of rotatable bonds is 2. The van der Waals surface area contributed by atoms with Gasteiger partial charge in [-0.1, -0.05) is 11.6 Å². The van der Waals surface area contributed by atoms with Crippen LogP contribution in [0.5, 0.6) is 5.75 Å². The monoisotopic (exact) mass is 279 g/mol. The molecule has 1 aromatic carbocycles. The number of ether oxygens (including phenoxy) is 2. The topological polar surface area (TPSA) is 62.3 Å². The van der Waals surface area contributed by atoms with Crippen LogP contribution in [0.15, 0.2) is 18.2 Å². The van der Waals surface area contributed by atoms with Crippen LogP contribution in [0.1, 0.15) is 11.3 Å². The van der Waals surface area contributed by atoms with Crippen molar-refractivity contribution in [2.75, 3.05) is 19.5 Å². The molecule has 0 spiro atoms. The Bertz CT molecular complexity index is 625. The van der Waals surface area contributed by atoms with Crippen LogP contribution in [0.3, 0.4) is 0 Å². The number of fused-ring (bicyclic) bond motifs is 1. The van der Waals surface area contributed by atoms with Crippen LogP contribution in [-0.2, 0) is 17.8 Å².